The van der Waals surface area contributed by atoms with Crippen LogP contribution in [0.3, 0.4) is 0 Å². The van der Waals surface area contributed by atoms with Crippen molar-refractivity contribution < 1.29 is 14.7 Å². The van der Waals surface area contributed by atoms with Crippen molar-refractivity contribution in [2.24, 2.45) is 0 Å². The van der Waals surface area contributed by atoms with Gasteiger partial charge in [-0.2, -0.15) is 0 Å². The number of carboxylic acid groups (broad SMARTS) is 1. The average molecular weight is 286 g/mol. The monoisotopic (exact) mass is 286 g/mol. The fourth-order valence-electron chi connectivity index (χ4n) is 2.52. The molecule has 1 aliphatic rings. The van der Waals surface area contributed by atoms with Crippen LogP contribution in [0, 0.1) is 0 Å². The molecule has 2 aromatic heterocycles. The minimum Gasteiger partial charge on any atom is -0.480 e. The number of hydrogen-bond acceptors (Lipinski definition) is 4. The van der Waals surface area contributed by atoms with Gasteiger partial charge in [0.1, 0.15) is 18.2 Å². The molecule has 1 fully saturated rings. The number of carboxylic acids is 1. The van der Waals surface area contributed by atoms with Crippen LogP contribution in [0.25, 0.3) is 5.82 Å². The van der Waals surface area contributed by atoms with E-state index in [4.69, 9.17) is 5.11 Å². The number of imidazole rings is 1. The van der Waals surface area contributed by atoms with Gasteiger partial charge in [-0.25, -0.2) is 14.8 Å². The first-order valence-corrected chi connectivity index (χ1v) is 6.65. The van der Waals surface area contributed by atoms with Crippen LogP contribution in [0.2, 0.25) is 0 Å². The Kier molecular flexibility index (Phi) is 3.39. The molecule has 1 atom stereocenters. The van der Waals surface area contributed by atoms with Gasteiger partial charge in [0, 0.05) is 30.7 Å². The predicted octanol–water partition coefficient (Wildman–Crippen LogP) is 0.956. The fourth-order valence-corrected chi connectivity index (χ4v) is 2.52. The number of amides is 1. The maximum atomic E-state index is 12.5. The van der Waals surface area contributed by atoms with Crippen LogP contribution in [0.4, 0.5) is 0 Å². The number of hydrogen-bond donors (Lipinski definition) is 1. The third kappa shape index (κ3) is 2.49. The number of aliphatic carboxylic acids is 1. The summed E-state index contributed by atoms with van der Waals surface area (Å²) in [5.74, 6) is -0.655. The van der Waals surface area contributed by atoms with Crippen LogP contribution in [0.5, 0.6) is 0 Å². The lowest BCUT2D eigenvalue weighted by molar-refractivity contribution is -0.141. The number of carbonyl (C=O) groups is 2. The highest BCUT2D eigenvalue weighted by Crippen LogP contribution is 2.20. The zero-order valence-electron chi connectivity index (χ0n) is 11.2. The molecule has 108 valence electrons. The number of pyridine rings is 1. The molecular weight excluding hydrogens is 272 g/mol. The Balaban J connectivity index is 1.88. The second kappa shape index (κ2) is 5.35. The molecule has 1 aliphatic heterocycles. The van der Waals surface area contributed by atoms with Crippen LogP contribution in [0.1, 0.15) is 23.2 Å². The van der Waals surface area contributed by atoms with Gasteiger partial charge in [0.15, 0.2) is 0 Å². The molecule has 0 unspecified atom stereocenters. The fraction of sp³-hybridized carbons (Fsp3) is 0.286. The summed E-state index contributed by atoms with van der Waals surface area (Å²) in [6, 6.07) is 2.50. The third-order valence-electron chi connectivity index (χ3n) is 3.56. The van der Waals surface area contributed by atoms with E-state index in [1.165, 1.54) is 11.1 Å². The molecule has 1 saturated heterocycles. The molecular formula is C14H14N4O3. The van der Waals surface area contributed by atoms with Gasteiger partial charge in [-0.15, -0.1) is 0 Å². The third-order valence-corrected chi connectivity index (χ3v) is 3.56. The zero-order chi connectivity index (χ0) is 14.8. The predicted molar refractivity (Wildman–Crippen MR) is 73.1 cm³/mol. The van der Waals surface area contributed by atoms with E-state index in [2.05, 4.69) is 9.97 Å². The smallest absolute Gasteiger partial charge is 0.326 e. The van der Waals surface area contributed by atoms with E-state index < -0.39 is 12.0 Å². The summed E-state index contributed by atoms with van der Waals surface area (Å²) in [6.45, 7) is 0.471. The van der Waals surface area contributed by atoms with Gasteiger partial charge >= 0.3 is 5.97 Å². The van der Waals surface area contributed by atoms with Crippen molar-refractivity contribution in [1.82, 2.24) is 19.4 Å². The van der Waals surface area contributed by atoms with Gasteiger partial charge in [-0.3, -0.25) is 9.36 Å². The Morgan fingerprint density at radius 1 is 1.33 bits per heavy atom. The Bertz CT molecular complexity index is 669. The average Bonchev–Trinajstić information content (AvgIpc) is 3.17. The van der Waals surface area contributed by atoms with Gasteiger partial charge in [0.05, 0.1) is 0 Å². The molecule has 2 aromatic rings. The Morgan fingerprint density at radius 3 is 2.90 bits per heavy atom. The first-order chi connectivity index (χ1) is 10.2. The number of carbonyl (C=O) groups excluding carboxylic acids is 1. The van der Waals surface area contributed by atoms with Crippen LogP contribution >= 0.6 is 0 Å². The van der Waals surface area contributed by atoms with Crippen LogP contribution in [0.15, 0.2) is 37.1 Å². The largest absolute Gasteiger partial charge is 0.480 e. The molecule has 7 heteroatoms. The summed E-state index contributed by atoms with van der Waals surface area (Å²) in [5.41, 5.74) is 0.432. The molecule has 0 bridgehead atoms. The molecule has 0 aromatic carbocycles. The zero-order valence-corrected chi connectivity index (χ0v) is 11.2. The normalized spacial score (nSPS) is 17.9. The number of nitrogens with zero attached hydrogens (tertiary/aromatic N) is 4. The van der Waals surface area contributed by atoms with Gasteiger partial charge in [-0.1, -0.05) is 0 Å². The molecule has 7 nitrogen and oxygen atoms in total. The maximum absolute atomic E-state index is 12.5. The van der Waals surface area contributed by atoms with Crippen molar-refractivity contribution in [2.45, 2.75) is 18.9 Å². The van der Waals surface area contributed by atoms with Crippen LogP contribution in [-0.4, -0.2) is 49.0 Å². The summed E-state index contributed by atoms with van der Waals surface area (Å²) >= 11 is 0. The topological polar surface area (TPSA) is 88.3 Å². The van der Waals surface area contributed by atoms with Crippen LogP contribution in [-0.2, 0) is 4.79 Å². The Labute approximate surface area is 120 Å². The van der Waals surface area contributed by atoms with E-state index in [-0.39, 0.29) is 5.91 Å². The van der Waals surface area contributed by atoms with E-state index in [9.17, 15) is 9.59 Å². The van der Waals surface area contributed by atoms with Crippen LogP contribution < -0.4 is 0 Å². The number of aromatic nitrogens is 3. The highest BCUT2D eigenvalue weighted by atomic mass is 16.4. The maximum Gasteiger partial charge on any atom is 0.326 e. The highest BCUT2D eigenvalue weighted by Gasteiger charge is 2.34. The molecule has 3 rings (SSSR count). The standard InChI is InChI=1S/C14H14N4O3/c19-13(18-6-1-2-11(18)14(20)21)10-3-4-16-12(8-10)17-7-5-15-9-17/h3-5,7-9,11H,1-2,6H2,(H,20,21)/t11-/m0/s1. The van der Waals surface area contributed by atoms with Crippen molar-refractivity contribution in [3.8, 4) is 5.82 Å². The molecule has 0 spiro atoms. The van der Waals surface area contributed by atoms with Gasteiger partial charge in [0.2, 0.25) is 0 Å². The lowest BCUT2D eigenvalue weighted by Gasteiger charge is -2.21. The lowest BCUT2D eigenvalue weighted by atomic mass is 10.2. The van der Waals surface area contributed by atoms with E-state index in [0.717, 1.165) is 0 Å². The van der Waals surface area contributed by atoms with Crippen molar-refractivity contribution >= 4 is 11.9 Å². The minimum atomic E-state index is -0.954. The van der Waals surface area contributed by atoms with Gasteiger partial charge in [0.25, 0.3) is 5.91 Å². The molecule has 3 heterocycles. The summed E-state index contributed by atoms with van der Waals surface area (Å²) < 4.78 is 1.69. The second-order valence-corrected chi connectivity index (χ2v) is 4.87. The molecule has 21 heavy (non-hydrogen) atoms. The summed E-state index contributed by atoms with van der Waals surface area (Å²) in [7, 11) is 0. The summed E-state index contributed by atoms with van der Waals surface area (Å²) in [4.78, 5) is 33.2. The molecule has 0 radical (unpaired) electrons. The van der Waals surface area contributed by atoms with Crippen molar-refractivity contribution in [2.75, 3.05) is 6.54 Å². The Morgan fingerprint density at radius 2 is 2.19 bits per heavy atom. The first kappa shape index (κ1) is 13.3. The van der Waals surface area contributed by atoms with E-state index in [1.807, 2.05) is 0 Å². The SMILES string of the molecule is O=C(O)[C@@H]1CCCN1C(=O)c1ccnc(-n2ccnc2)c1. The lowest BCUT2D eigenvalue weighted by Crippen LogP contribution is -2.40. The minimum absolute atomic E-state index is 0.274. The quantitative estimate of drug-likeness (QED) is 0.907. The molecule has 0 saturated carbocycles. The summed E-state index contributed by atoms with van der Waals surface area (Å²) in [5, 5.41) is 9.17. The number of likely N-dealkylation sites (tertiary alicyclic amines) is 1. The molecule has 1 N–H and O–H groups in total. The molecule has 1 amide bonds. The van der Waals surface area contributed by atoms with Crippen molar-refractivity contribution in [3.63, 3.8) is 0 Å². The van der Waals surface area contributed by atoms with E-state index in [0.29, 0.717) is 30.8 Å². The molecule has 0 aliphatic carbocycles. The number of rotatable bonds is 3. The van der Waals surface area contributed by atoms with Crippen molar-refractivity contribution in [1.29, 1.82) is 0 Å². The Hall–Kier alpha value is -2.70. The highest BCUT2D eigenvalue weighted by molar-refractivity contribution is 5.97. The van der Waals surface area contributed by atoms with Gasteiger partial charge in [-0.05, 0) is 25.0 Å². The van der Waals surface area contributed by atoms with Crippen molar-refractivity contribution in [3.05, 3.63) is 42.6 Å². The van der Waals surface area contributed by atoms with E-state index in [1.54, 1.807) is 35.4 Å². The van der Waals surface area contributed by atoms with Gasteiger partial charge < -0.3 is 10.0 Å². The second-order valence-electron chi connectivity index (χ2n) is 4.87. The van der Waals surface area contributed by atoms with E-state index >= 15 is 0 Å². The first-order valence-electron chi connectivity index (χ1n) is 6.65. The summed E-state index contributed by atoms with van der Waals surface area (Å²) in [6.07, 6.45) is 7.69.